The van der Waals surface area contributed by atoms with Gasteiger partial charge < -0.3 is 0 Å². The fraction of sp³-hybridized carbons (Fsp3) is 0.188. The van der Waals surface area contributed by atoms with Crippen molar-refractivity contribution in [2.24, 2.45) is 7.05 Å². The molecule has 0 amide bonds. The van der Waals surface area contributed by atoms with Gasteiger partial charge in [-0.05, 0) is 18.2 Å². The van der Waals surface area contributed by atoms with Crippen molar-refractivity contribution in [1.82, 2.24) is 19.6 Å². The summed E-state index contributed by atoms with van der Waals surface area (Å²) < 4.78 is 68.5. The van der Waals surface area contributed by atoms with Gasteiger partial charge in [0.2, 0.25) is 0 Å². The maximum Gasteiger partial charge on any atom is 0.435 e. The lowest BCUT2D eigenvalue weighted by atomic mass is 10.1. The first kappa shape index (κ1) is 19.0. The number of halogens is 6. The zero-order valence-electron chi connectivity index (χ0n) is 13.6. The fourth-order valence-electron chi connectivity index (χ4n) is 2.50. The van der Waals surface area contributed by atoms with Crippen LogP contribution in [0.5, 0.6) is 0 Å². The summed E-state index contributed by atoms with van der Waals surface area (Å²) in [6.45, 7) is -0.620. The van der Waals surface area contributed by atoms with Crippen LogP contribution in [0.4, 0.5) is 22.0 Å². The standard InChI is InChI=1S/C16H10ClF5N4O/c1-25-15(17)13(14(24-25)16(20,21)22)11(27)7-26-6-5-10(23-26)12-8(18)3-2-4-9(12)19/h2-6H,7H2,1H3. The van der Waals surface area contributed by atoms with Crippen LogP contribution in [0.1, 0.15) is 16.1 Å². The molecule has 5 nitrogen and oxygen atoms in total. The first-order valence-electron chi connectivity index (χ1n) is 7.40. The van der Waals surface area contributed by atoms with Crippen LogP contribution >= 0.6 is 11.6 Å². The molecule has 3 rings (SSSR count). The van der Waals surface area contributed by atoms with E-state index >= 15 is 0 Å². The number of hydrogen-bond acceptors (Lipinski definition) is 3. The molecule has 2 heterocycles. The number of carbonyl (C=O) groups is 1. The zero-order valence-corrected chi connectivity index (χ0v) is 14.3. The number of Topliss-reactive ketones (excluding diaryl/α,β-unsaturated/α-hetero) is 1. The molecule has 0 fully saturated rings. The number of nitrogens with zero attached hydrogens (tertiary/aromatic N) is 4. The van der Waals surface area contributed by atoms with Gasteiger partial charge >= 0.3 is 6.18 Å². The Morgan fingerprint density at radius 1 is 1.15 bits per heavy atom. The third-order valence-electron chi connectivity index (χ3n) is 3.69. The fourth-order valence-corrected chi connectivity index (χ4v) is 2.73. The van der Waals surface area contributed by atoms with E-state index in [4.69, 9.17) is 11.6 Å². The van der Waals surface area contributed by atoms with E-state index in [1.807, 2.05) is 0 Å². The molecule has 0 N–H and O–H groups in total. The highest BCUT2D eigenvalue weighted by Gasteiger charge is 2.40. The number of benzene rings is 1. The molecule has 0 saturated heterocycles. The minimum atomic E-state index is -4.87. The number of ketones is 1. The van der Waals surface area contributed by atoms with E-state index < -0.39 is 52.1 Å². The lowest BCUT2D eigenvalue weighted by molar-refractivity contribution is -0.141. The van der Waals surface area contributed by atoms with Crippen LogP contribution in [0, 0.1) is 11.6 Å². The summed E-state index contributed by atoms with van der Waals surface area (Å²) >= 11 is 5.77. The largest absolute Gasteiger partial charge is 0.435 e. The summed E-state index contributed by atoms with van der Waals surface area (Å²) in [6.07, 6.45) is -3.65. The number of rotatable bonds is 4. The number of aryl methyl sites for hydroxylation is 1. The van der Waals surface area contributed by atoms with E-state index in [0.717, 1.165) is 21.5 Å². The number of aromatic nitrogens is 4. The Morgan fingerprint density at radius 2 is 1.78 bits per heavy atom. The van der Waals surface area contributed by atoms with E-state index in [2.05, 4.69) is 10.2 Å². The molecule has 0 unspecified atom stereocenters. The van der Waals surface area contributed by atoms with Gasteiger partial charge in [-0.3, -0.25) is 14.2 Å². The molecule has 1 aromatic carbocycles. The lowest BCUT2D eigenvalue weighted by Gasteiger charge is -2.06. The summed E-state index contributed by atoms with van der Waals surface area (Å²) in [7, 11) is 1.17. The van der Waals surface area contributed by atoms with Crippen LogP contribution in [0.3, 0.4) is 0 Å². The molecule has 142 valence electrons. The van der Waals surface area contributed by atoms with Crippen molar-refractivity contribution in [3.05, 3.63) is 58.5 Å². The molecule has 0 atom stereocenters. The molecular formula is C16H10ClF5N4O. The van der Waals surface area contributed by atoms with E-state index in [1.54, 1.807) is 0 Å². The van der Waals surface area contributed by atoms with Crippen LogP contribution < -0.4 is 0 Å². The third kappa shape index (κ3) is 3.57. The Morgan fingerprint density at radius 3 is 2.37 bits per heavy atom. The molecule has 0 aliphatic rings. The Balaban J connectivity index is 1.92. The molecule has 0 saturated carbocycles. The van der Waals surface area contributed by atoms with Crippen molar-refractivity contribution in [2.45, 2.75) is 12.7 Å². The van der Waals surface area contributed by atoms with Crippen molar-refractivity contribution in [1.29, 1.82) is 0 Å². The van der Waals surface area contributed by atoms with Gasteiger partial charge in [-0.1, -0.05) is 17.7 Å². The second-order valence-corrected chi connectivity index (χ2v) is 5.91. The molecular weight excluding hydrogens is 395 g/mol. The highest BCUT2D eigenvalue weighted by atomic mass is 35.5. The Bertz CT molecular complexity index is 1000. The molecule has 27 heavy (non-hydrogen) atoms. The maximum atomic E-state index is 13.8. The zero-order chi connectivity index (χ0) is 19.9. The molecule has 0 bridgehead atoms. The highest BCUT2D eigenvalue weighted by Crippen LogP contribution is 2.34. The summed E-state index contributed by atoms with van der Waals surface area (Å²) in [4.78, 5) is 12.3. The Labute approximate surface area is 154 Å². The predicted molar refractivity (Wildman–Crippen MR) is 85.1 cm³/mol. The quantitative estimate of drug-likeness (QED) is 0.485. The van der Waals surface area contributed by atoms with Gasteiger partial charge in [0.1, 0.15) is 23.3 Å². The van der Waals surface area contributed by atoms with E-state index in [0.29, 0.717) is 0 Å². The van der Waals surface area contributed by atoms with Gasteiger partial charge in [0.05, 0.1) is 16.8 Å². The van der Waals surface area contributed by atoms with Crippen molar-refractivity contribution in [3.8, 4) is 11.3 Å². The summed E-state index contributed by atoms with van der Waals surface area (Å²) in [5, 5.41) is 6.62. The second-order valence-electron chi connectivity index (χ2n) is 5.55. The molecule has 0 aliphatic heterocycles. The molecule has 0 aliphatic carbocycles. The van der Waals surface area contributed by atoms with Gasteiger partial charge in [-0.25, -0.2) is 8.78 Å². The monoisotopic (exact) mass is 404 g/mol. The summed E-state index contributed by atoms with van der Waals surface area (Å²) in [5.74, 6) is -2.72. The first-order valence-corrected chi connectivity index (χ1v) is 7.78. The second kappa shape index (κ2) is 6.76. The lowest BCUT2D eigenvalue weighted by Crippen LogP contribution is -2.17. The predicted octanol–water partition coefficient (Wildman–Crippen LogP) is 4.12. The van der Waals surface area contributed by atoms with Crippen LogP contribution in [-0.2, 0) is 19.8 Å². The summed E-state index contributed by atoms with van der Waals surface area (Å²) in [6, 6.07) is 4.49. The third-order valence-corrected chi connectivity index (χ3v) is 4.12. The van der Waals surface area contributed by atoms with Crippen LogP contribution in [0.15, 0.2) is 30.5 Å². The molecule has 3 aromatic rings. The van der Waals surface area contributed by atoms with Gasteiger partial charge in [0, 0.05) is 13.2 Å². The maximum absolute atomic E-state index is 13.8. The van der Waals surface area contributed by atoms with E-state index in [9.17, 15) is 26.7 Å². The number of carbonyl (C=O) groups excluding carboxylic acids is 1. The SMILES string of the molecule is Cn1nc(C(F)(F)F)c(C(=O)Cn2ccc(-c3c(F)cccc3F)n2)c1Cl. The number of alkyl halides is 3. The Kier molecular flexibility index (Phi) is 4.77. The molecule has 11 heteroatoms. The average molecular weight is 405 g/mol. The van der Waals surface area contributed by atoms with E-state index in [-0.39, 0.29) is 5.69 Å². The topological polar surface area (TPSA) is 52.7 Å². The van der Waals surface area contributed by atoms with Crippen LogP contribution in [0.25, 0.3) is 11.3 Å². The smallest absolute Gasteiger partial charge is 0.292 e. The highest BCUT2D eigenvalue weighted by molar-refractivity contribution is 6.33. The van der Waals surface area contributed by atoms with Crippen LogP contribution in [0.2, 0.25) is 5.15 Å². The molecule has 2 aromatic heterocycles. The van der Waals surface area contributed by atoms with Crippen LogP contribution in [-0.4, -0.2) is 25.3 Å². The van der Waals surface area contributed by atoms with Crippen molar-refractivity contribution < 1.29 is 26.7 Å². The number of hydrogen-bond donors (Lipinski definition) is 0. The minimum Gasteiger partial charge on any atom is -0.292 e. The minimum absolute atomic E-state index is 0.105. The Hall–Kier alpha value is -2.75. The van der Waals surface area contributed by atoms with Gasteiger partial charge in [0.15, 0.2) is 11.5 Å². The van der Waals surface area contributed by atoms with Gasteiger partial charge in [0.25, 0.3) is 0 Å². The van der Waals surface area contributed by atoms with Gasteiger partial charge in [-0.2, -0.15) is 23.4 Å². The molecule has 0 radical (unpaired) electrons. The van der Waals surface area contributed by atoms with Gasteiger partial charge in [-0.15, -0.1) is 0 Å². The van der Waals surface area contributed by atoms with Crippen molar-refractivity contribution in [2.75, 3.05) is 0 Å². The average Bonchev–Trinajstić information content (AvgIpc) is 3.12. The van der Waals surface area contributed by atoms with Crippen molar-refractivity contribution >= 4 is 17.4 Å². The van der Waals surface area contributed by atoms with E-state index in [1.165, 1.54) is 25.4 Å². The first-order chi connectivity index (χ1) is 12.6. The summed E-state index contributed by atoms with van der Waals surface area (Å²) in [5.41, 5.74) is -2.71. The normalized spacial score (nSPS) is 11.8. The van der Waals surface area contributed by atoms with Crippen molar-refractivity contribution in [3.63, 3.8) is 0 Å². The molecule has 0 spiro atoms.